The third-order valence-electron chi connectivity index (χ3n) is 3.43. The topological polar surface area (TPSA) is 57.8 Å². The van der Waals surface area contributed by atoms with Crippen molar-refractivity contribution in [3.05, 3.63) is 59.8 Å². The lowest BCUT2D eigenvalue weighted by molar-refractivity contribution is 0.102. The van der Waals surface area contributed by atoms with E-state index in [1.807, 2.05) is 48.5 Å². The number of aromatic amines is 1. The van der Waals surface area contributed by atoms with E-state index in [0.717, 1.165) is 29.3 Å². The Hall–Kier alpha value is -2.62. The van der Waals surface area contributed by atoms with E-state index in [0.29, 0.717) is 11.4 Å². The first-order chi connectivity index (χ1) is 10.3. The van der Waals surface area contributed by atoms with E-state index in [1.165, 1.54) is 0 Å². The lowest BCUT2D eigenvalue weighted by atomic mass is 10.0. The van der Waals surface area contributed by atoms with Gasteiger partial charge in [-0.2, -0.15) is 5.10 Å². The molecule has 0 bridgehead atoms. The van der Waals surface area contributed by atoms with Crippen LogP contribution < -0.4 is 5.32 Å². The van der Waals surface area contributed by atoms with Crippen LogP contribution >= 0.6 is 0 Å². The number of H-pyrrole nitrogens is 1. The zero-order chi connectivity index (χ0) is 14.7. The summed E-state index contributed by atoms with van der Waals surface area (Å²) in [6, 6.07) is 15.5. The van der Waals surface area contributed by atoms with Gasteiger partial charge in [0.1, 0.15) is 0 Å². The van der Waals surface area contributed by atoms with Crippen molar-refractivity contribution in [1.82, 2.24) is 10.2 Å². The lowest BCUT2D eigenvalue weighted by Crippen LogP contribution is -2.12. The van der Waals surface area contributed by atoms with Gasteiger partial charge in [-0.05, 0) is 23.3 Å². The minimum Gasteiger partial charge on any atom is -0.305 e. The maximum atomic E-state index is 12.4. The van der Waals surface area contributed by atoms with Gasteiger partial charge in [-0.3, -0.25) is 9.89 Å². The van der Waals surface area contributed by atoms with Gasteiger partial charge < -0.3 is 5.32 Å². The molecule has 106 valence electrons. The molecular formula is C17H17N3O. The number of carbonyl (C=O) groups is 1. The summed E-state index contributed by atoms with van der Waals surface area (Å²) >= 11 is 0. The number of fused-ring (bicyclic) bond motifs is 1. The summed E-state index contributed by atoms with van der Waals surface area (Å²) in [5, 5.41) is 11.9. The predicted octanol–water partition coefficient (Wildman–Crippen LogP) is 3.77. The molecule has 21 heavy (non-hydrogen) atoms. The molecule has 3 aromatic rings. The Morgan fingerprint density at radius 1 is 1.19 bits per heavy atom. The fourth-order valence-corrected chi connectivity index (χ4v) is 2.43. The fraction of sp³-hybridized carbons (Fsp3) is 0.176. The monoisotopic (exact) mass is 279 g/mol. The van der Waals surface area contributed by atoms with Crippen molar-refractivity contribution in [3.8, 4) is 0 Å². The molecule has 0 radical (unpaired) electrons. The highest BCUT2D eigenvalue weighted by atomic mass is 16.1. The van der Waals surface area contributed by atoms with Crippen molar-refractivity contribution in [1.29, 1.82) is 0 Å². The summed E-state index contributed by atoms with van der Waals surface area (Å²) in [4.78, 5) is 12.4. The smallest absolute Gasteiger partial charge is 0.257 e. The minimum absolute atomic E-state index is 0.138. The van der Waals surface area contributed by atoms with Crippen LogP contribution in [-0.4, -0.2) is 16.1 Å². The molecule has 2 aromatic carbocycles. The maximum absolute atomic E-state index is 12.4. The SMILES string of the molecule is CCCc1cc(NC(=O)c2cccc3ccccc23)n[nH]1. The van der Waals surface area contributed by atoms with Gasteiger partial charge >= 0.3 is 0 Å². The molecular weight excluding hydrogens is 262 g/mol. The Morgan fingerprint density at radius 3 is 2.86 bits per heavy atom. The van der Waals surface area contributed by atoms with Gasteiger partial charge in [0, 0.05) is 17.3 Å². The zero-order valence-electron chi connectivity index (χ0n) is 11.9. The average Bonchev–Trinajstić information content (AvgIpc) is 2.94. The van der Waals surface area contributed by atoms with Gasteiger partial charge in [0.15, 0.2) is 5.82 Å². The van der Waals surface area contributed by atoms with Crippen molar-refractivity contribution in [2.45, 2.75) is 19.8 Å². The van der Waals surface area contributed by atoms with E-state index >= 15 is 0 Å². The molecule has 0 unspecified atom stereocenters. The molecule has 1 heterocycles. The van der Waals surface area contributed by atoms with E-state index in [2.05, 4.69) is 22.4 Å². The summed E-state index contributed by atoms with van der Waals surface area (Å²) in [6.07, 6.45) is 1.97. The number of anilines is 1. The van der Waals surface area contributed by atoms with E-state index in [4.69, 9.17) is 0 Å². The molecule has 0 saturated heterocycles. The van der Waals surface area contributed by atoms with Crippen LogP contribution in [0.2, 0.25) is 0 Å². The van der Waals surface area contributed by atoms with Crippen LogP contribution in [0.3, 0.4) is 0 Å². The molecule has 1 aromatic heterocycles. The second-order valence-electron chi connectivity index (χ2n) is 5.01. The first-order valence-corrected chi connectivity index (χ1v) is 7.11. The third-order valence-corrected chi connectivity index (χ3v) is 3.43. The number of aromatic nitrogens is 2. The summed E-state index contributed by atoms with van der Waals surface area (Å²) in [5.74, 6) is 0.428. The van der Waals surface area contributed by atoms with Crippen LogP contribution in [-0.2, 0) is 6.42 Å². The van der Waals surface area contributed by atoms with Crippen molar-refractivity contribution in [3.63, 3.8) is 0 Å². The third kappa shape index (κ3) is 2.79. The van der Waals surface area contributed by atoms with Crippen LogP contribution in [0.25, 0.3) is 10.8 Å². The number of nitrogens with zero attached hydrogens (tertiary/aromatic N) is 1. The van der Waals surface area contributed by atoms with Gasteiger partial charge in [-0.1, -0.05) is 49.7 Å². The summed E-state index contributed by atoms with van der Waals surface area (Å²) < 4.78 is 0. The summed E-state index contributed by atoms with van der Waals surface area (Å²) in [6.45, 7) is 2.11. The molecule has 0 aliphatic rings. The largest absolute Gasteiger partial charge is 0.305 e. The van der Waals surface area contributed by atoms with Gasteiger partial charge in [-0.15, -0.1) is 0 Å². The fourth-order valence-electron chi connectivity index (χ4n) is 2.43. The van der Waals surface area contributed by atoms with Crippen LogP contribution in [0.1, 0.15) is 29.4 Å². The summed E-state index contributed by atoms with van der Waals surface area (Å²) in [5.41, 5.74) is 1.69. The minimum atomic E-state index is -0.138. The number of hydrogen-bond acceptors (Lipinski definition) is 2. The molecule has 4 heteroatoms. The van der Waals surface area contributed by atoms with Crippen molar-refractivity contribution in [2.75, 3.05) is 5.32 Å². The molecule has 3 rings (SSSR count). The molecule has 2 N–H and O–H groups in total. The number of rotatable bonds is 4. The van der Waals surface area contributed by atoms with E-state index in [1.54, 1.807) is 0 Å². The molecule has 0 spiro atoms. The standard InChI is InChI=1S/C17H17N3O/c1-2-6-13-11-16(20-19-13)18-17(21)15-10-5-8-12-7-3-4-9-14(12)15/h3-5,7-11H,2,6H2,1H3,(H2,18,19,20,21). The Morgan fingerprint density at radius 2 is 2.00 bits per heavy atom. The number of benzene rings is 2. The molecule has 1 amide bonds. The maximum Gasteiger partial charge on any atom is 0.257 e. The molecule has 0 aliphatic heterocycles. The Labute approximate surface area is 123 Å². The van der Waals surface area contributed by atoms with Crippen LogP contribution in [0.15, 0.2) is 48.5 Å². The number of amides is 1. The molecule has 0 fully saturated rings. The molecule has 0 atom stereocenters. The number of carbonyl (C=O) groups excluding carboxylic acids is 1. The highest BCUT2D eigenvalue weighted by molar-refractivity contribution is 6.12. The van der Waals surface area contributed by atoms with Crippen LogP contribution in [0.4, 0.5) is 5.82 Å². The summed E-state index contributed by atoms with van der Waals surface area (Å²) in [7, 11) is 0. The Balaban J connectivity index is 1.86. The van der Waals surface area contributed by atoms with Gasteiger partial charge in [-0.25, -0.2) is 0 Å². The number of nitrogens with one attached hydrogen (secondary N) is 2. The zero-order valence-corrected chi connectivity index (χ0v) is 11.9. The van der Waals surface area contributed by atoms with Crippen molar-refractivity contribution < 1.29 is 4.79 Å². The highest BCUT2D eigenvalue weighted by Gasteiger charge is 2.11. The van der Waals surface area contributed by atoms with Crippen molar-refractivity contribution >= 4 is 22.5 Å². The van der Waals surface area contributed by atoms with Gasteiger partial charge in [0.05, 0.1) is 0 Å². The van der Waals surface area contributed by atoms with E-state index in [-0.39, 0.29) is 5.91 Å². The van der Waals surface area contributed by atoms with E-state index in [9.17, 15) is 4.79 Å². The van der Waals surface area contributed by atoms with Crippen LogP contribution in [0, 0.1) is 0 Å². The Kier molecular flexibility index (Phi) is 3.69. The molecule has 0 aliphatic carbocycles. The second kappa shape index (κ2) is 5.79. The molecule has 4 nitrogen and oxygen atoms in total. The lowest BCUT2D eigenvalue weighted by Gasteiger charge is -2.05. The normalized spacial score (nSPS) is 10.7. The van der Waals surface area contributed by atoms with Crippen molar-refractivity contribution in [2.24, 2.45) is 0 Å². The number of aryl methyl sites for hydroxylation is 1. The van der Waals surface area contributed by atoms with Gasteiger partial charge in [0.2, 0.25) is 0 Å². The second-order valence-corrected chi connectivity index (χ2v) is 5.01. The first-order valence-electron chi connectivity index (χ1n) is 7.11. The van der Waals surface area contributed by atoms with Gasteiger partial charge in [0.25, 0.3) is 5.91 Å². The Bertz CT molecular complexity index is 771. The predicted molar refractivity (Wildman–Crippen MR) is 84.5 cm³/mol. The van der Waals surface area contributed by atoms with Crippen LogP contribution in [0.5, 0.6) is 0 Å². The van der Waals surface area contributed by atoms with E-state index < -0.39 is 0 Å². The number of hydrogen-bond donors (Lipinski definition) is 2. The average molecular weight is 279 g/mol. The first kappa shape index (κ1) is 13.4. The molecule has 0 saturated carbocycles. The highest BCUT2D eigenvalue weighted by Crippen LogP contribution is 2.19. The quantitative estimate of drug-likeness (QED) is 0.763.